The lowest BCUT2D eigenvalue weighted by atomic mass is 9.75. The fraction of sp³-hybridized carbons (Fsp3) is 0.909. The lowest BCUT2D eigenvalue weighted by Crippen LogP contribution is -2.37. The Morgan fingerprint density at radius 3 is 2.29 bits per heavy atom. The summed E-state index contributed by atoms with van der Waals surface area (Å²) in [6, 6.07) is 0. The van der Waals surface area contributed by atoms with Crippen molar-refractivity contribution in [2.24, 2.45) is 5.41 Å². The maximum atomic E-state index is 11.7. The molecule has 0 unspecified atom stereocenters. The summed E-state index contributed by atoms with van der Waals surface area (Å²) in [6.45, 7) is 4.01. The molecule has 1 aliphatic carbocycles. The monoisotopic (exact) mass is 264 g/mol. The topological polar surface area (TPSA) is 69.7 Å². The molecule has 0 radical (unpaired) electrons. The molecule has 0 saturated heterocycles. The van der Waals surface area contributed by atoms with Crippen LogP contribution in [0.5, 0.6) is 0 Å². The minimum absolute atomic E-state index is 0.196. The van der Waals surface area contributed by atoms with Gasteiger partial charge in [0.2, 0.25) is 0 Å². The van der Waals surface area contributed by atoms with E-state index in [0.717, 1.165) is 6.26 Å². The van der Waals surface area contributed by atoms with Gasteiger partial charge in [-0.1, -0.05) is 0 Å². The molecule has 0 spiro atoms. The first-order chi connectivity index (χ1) is 7.77. The van der Waals surface area contributed by atoms with Crippen molar-refractivity contribution in [1.29, 1.82) is 0 Å². The van der Waals surface area contributed by atoms with Crippen LogP contribution in [0, 0.1) is 5.41 Å². The van der Waals surface area contributed by atoms with Crippen LogP contribution in [0.25, 0.3) is 0 Å². The van der Waals surface area contributed by atoms with Crippen LogP contribution >= 0.6 is 0 Å². The van der Waals surface area contributed by atoms with Gasteiger partial charge in [-0.3, -0.25) is 8.98 Å². The zero-order valence-electron chi connectivity index (χ0n) is 10.6. The third-order valence-electron chi connectivity index (χ3n) is 3.12. The molecule has 1 fully saturated rings. The molecule has 1 rings (SSSR count). The molecule has 1 saturated carbocycles. The molecule has 0 atom stereocenters. The van der Waals surface area contributed by atoms with Gasteiger partial charge in [0.05, 0.1) is 24.4 Å². The van der Waals surface area contributed by atoms with Crippen molar-refractivity contribution in [2.45, 2.75) is 45.6 Å². The molecule has 0 aromatic rings. The fourth-order valence-electron chi connectivity index (χ4n) is 2.08. The second-order valence-corrected chi connectivity index (χ2v) is 6.38. The molecule has 5 nitrogen and oxygen atoms in total. The second-order valence-electron chi connectivity index (χ2n) is 4.78. The first kappa shape index (κ1) is 14.4. The van der Waals surface area contributed by atoms with E-state index in [4.69, 9.17) is 8.92 Å². The Balaban J connectivity index is 2.52. The van der Waals surface area contributed by atoms with E-state index >= 15 is 0 Å². The van der Waals surface area contributed by atoms with Gasteiger partial charge in [-0.15, -0.1) is 0 Å². The Bertz CT molecular complexity index is 365. The molecule has 1 aliphatic rings. The molecule has 0 aromatic heterocycles. The van der Waals surface area contributed by atoms with Crippen molar-refractivity contribution < 1.29 is 22.1 Å². The molecule has 0 bridgehead atoms. The van der Waals surface area contributed by atoms with E-state index in [2.05, 4.69) is 0 Å². The van der Waals surface area contributed by atoms with Crippen molar-refractivity contribution >= 4 is 16.1 Å². The minimum Gasteiger partial charge on any atom is -0.466 e. The Hall–Kier alpha value is -0.620. The number of carbonyl (C=O) groups is 1. The van der Waals surface area contributed by atoms with Crippen molar-refractivity contribution in [3.05, 3.63) is 0 Å². The number of esters is 1. The molecule has 0 aromatic carbocycles. The molecule has 0 heterocycles. The Morgan fingerprint density at radius 1 is 1.35 bits per heavy atom. The SMILES string of the molecule is CCOC(=O)C1(C)CCC(OS(C)(=O)=O)CC1. The van der Waals surface area contributed by atoms with Crippen molar-refractivity contribution in [2.75, 3.05) is 12.9 Å². The second kappa shape index (κ2) is 5.35. The maximum absolute atomic E-state index is 11.7. The van der Waals surface area contributed by atoms with Crippen molar-refractivity contribution in [1.82, 2.24) is 0 Å². The van der Waals surface area contributed by atoms with Crippen molar-refractivity contribution in [3.63, 3.8) is 0 Å². The smallest absolute Gasteiger partial charge is 0.311 e. The predicted octanol–water partition coefficient (Wildman–Crippen LogP) is 1.47. The highest BCUT2D eigenvalue weighted by Gasteiger charge is 2.39. The quantitative estimate of drug-likeness (QED) is 0.568. The van der Waals surface area contributed by atoms with Crippen LogP contribution in [-0.4, -0.2) is 33.4 Å². The van der Waals surface area contributed by atoms with E-state index in [1.165, 1.54) is 0 Å². The first-order valence-corrected chi connectivity index (χ1v) is 7.64. The van der Waals surface area contributed by atoms with Crippen LogP contribution in [0.1, 0.15) is 39.5 Å². The normalized spacial score (nSPS) is 29.9. The highest BCUT2D eigenvalue weighted by Crippen LogP contribution is 2.38. The summed E-state index contributed by atoms with van der Waals surface area (Å²) in [5.41, 5.74) is -0.493. The van der Waals surface area contributed by atoms with Crippen LogP contribution < -0.4 is 0 Å². The van der Waals surface area contributed by atoms with Gasteiger partial charge in [-0.25, -0.2) is 0 Å². The largest absolute Gasteiger partial charge is 0.466 e. The van der Waals surface area contributed by atoms with Gasteiger partial charge in [0.1, 0.15) is 0 Å². The van der Waals surface area contributed by atoms with E-state index in [0.29, 0.717) is 32.3 Å². The van der Waals surface area contributed by atoms with Gasteiger partial charge < -0.3 is 4.74 Å². The summed E-state index contributed by atoms with van der Waals surface area (Å²) in [4.78, 5) is 11.7. The summed E-state index contributed by atoms with van der Waals surface area (Å²) in [5, 5.41) is 0. The van der Waals surface area contributed by atoms with Crippen LogP contribution in [0.3, 0.4) is 0 Å². The summed E-state index contributed by atoms with van der Waals surface area (Å²) >= 11 is 0. The van der Waals surface area contributed by atoms with Crippen LogP contribution in [0.4, 0.5) is 0 Å². The average Bonchev–Trinajstić information content (AvgIpc) is 2.20. The fourth-order valence-corrected chi connectivity index (χ4v) is 2.77. The molecular formula is C11H20O5S. The molecular weight excluding hydrogens is 244 g/mol. The Labute approximate surface area is 103 Å². The van der Waals surface area contributed by atoms with Crippen LogP contribution in [-0.2, 0) is 23.8 Å². The van der Waals surface area contributed by atoms with E-state index in [1.807, 2.05) is 6.92 Å². The Morgan fingerprint density at radius 2 is 1.88 bits per heavy atom. The minimum atomic E-state index is -3.41. The third kappa shape index (κ3) is 4.27. The molecule has 17 heavy (non-hydrogen) atoms. The van der Waals surface area contributed by atoms with Gasteiger partial charge in [-0.2, -0.15) is 8.42 Å². The number of hydrogen-bond donors (Lipinski definition) is 0. The van der Waals surface area contributed by atoms with Gasteiger partial charge in [0.15, 0.2) is 0 Å². The lowest BCUT2D eigenvalue weighted by Gasteiger charge is -2.34. The summed E-state index contributed by atoms with van der Waals surface area (Å²) < 4.78 is 31.9. The van der Waals surface area contributed by atoms with Crippen LogP contribution in [0.2, 0.25) is 0 Å². The van der Waals surface area contributed by atoms with Crippen molar-refractivity contribution in [3.8, 4) is 0 Å². The highest BCUT2D eigenvalue weighted by molar-refractivity contribution is 7.86. The number of hydrogen-bond acceptors (Lipinski definition) is 5. The summed E-state index contributed by atoms with van der Waals surface area (Å²) in [7, 11) is -3.41. The van der Waals surface area contributed by atoms with Gasteiger partial charge in [-0.05, 0) is 39.5 Å². The maximum Gasteiger partial charge on any atom is 0.311 e. The molecule has 6 heteroatoms. The predicted molar refractivity (Wildman–Crippen MR) is 62.9 cm³/mol. The number of carbonyl (C=O) groups excluding carboxylic acids is 1. The summed E-state index contributed by atoms with van der Waals surface area (Å²) in [5.74, 6) is -0.196. The van der Waals surface area contributed by atoms with E-state index in [1.54, 1.807) is 6.92 Å². The highest BCUT2D eigenvalue weighted by atomic mass is 32.2. The molecule has 0 amide bonds. The molecule has 100 valence electrons. The van der Waals surface area contributed by atoms with E-state index < -0.39 is 15.5 Å². The molecule has 0 aliphatic heterocycles. The Kier molecular flexibility index (Phi) is 4.55. The number of ether oxygens (including phenoxy) is 1. The lowest BCUT2D eigenvalue weighted by molar-refractivity contribution is -0.157. The summed E-state index contributed by atoms with van der Waals surface area (Å²) in [6.07, 6.45) is 3.10. The number of rotatable bonds is 4. The van der Waals surface area contributed by atoms with E-state index in [-0.39, 0.29) is 12.1 Å². The third-order valence-corrected chi connectivity index (χ3v) is 3.74. The van der Waals surface area contributed by atoms with Gasteiger partial charge in [0, 0.05) is 0 Å². The van der Waals surface area contributed by atoms with E-state index in [9.17, 15) is 13.2 Å². The average molecular weight is 264 g/mol. The van der Waals surface area contributed by atoms with Gasteiger partial charge in [0.25, 0.3) is 10.1 Å². The first-order valence-electron chi connectivity index (χ1n) is 5.82. The molecule has 0 N–H and O–H groups in total. The zero-order chi connectivity index (χ0) is 13.1. The zero-order valence-corrected chi connectivity index (χ0v) is 11.4. The standard InChI is InChI=1S/C11H20O5S/c1-4-15-10(12)11(2)7-5-9(6-8-11)16-17(3,13)14/h9H,4-8H2,1-3H3. The van der Waals surface area contributed by atoms with Crippen LogP contribution in [0.15, 0.2) is 0 Å². The van der Waals surface area contributed by atoms with Gasteiger partial charge >= 0.3 is 5.97 Å².